The van der Waals surface area contributed by atoms with E-state index in [1.165, 1.54) is 0 Å². The average molecular weight is 142 g/mol. The second-order valence-corrected chi connectivity index (χ2v) is 2.85. The van der Waals surface area contributed by atoms with Gasteiger partial charge in [-0.1, -0.05) is 0 Å². The molecule has 46 valence electrons. The maximum atomic E-state index is 11.0. The first kappa shape index (κ1) is 7.99. The average Bonchev–Trinajstić information content (AvgIpc) is 2.05. The third-order valence-corrected chi connectivity index (χ3v) is 2.06. The Balaban J connectivity index is 2.85. The molecule has 1 aromatic carbocycles. The van der Waals surface area contributed by atoms with Gasteiger partial charge in [0.2, 0.25) is 0 Å². The molecular formula is C8H7NaO. The molecule has 0 aliphatic rings. The van der Waals surface area contributed by atoms with Gasteiger partial charge in [-0.3, -0.25) is 0 Å². The molecule has 0 spiro atoms. The molecule has 0 radical (unpaired) electrons. The Morgan fingerprint density at radius 2 is 1.90 bits per heavy atom. The summed E-state index contributed by atoms with van der Waals surface area (Å²) in [5, 5.41) is 0. The van der Waals surface area contributed by atoms with Gasteiger partial charge in [0.15, 0.2) is 0 Å². The van der Waals surface area contributed by atoms with Crippen molar-refractivity contribution < 1.29 is 4.79 Å². The predicted octanol–water partition coefficient (Wildman–Crippen LogP) is 1.46. The van der Waals surface area contributed by atoms with Gasteiger partial charge in [-0.05, 0) is 0 Å². The molecule has 10 heavy (non-hydrogen) atoms. The van der Waals surface area contributed by atoms with E-state index in [9.17, 15) is 4.79 Å². The van der Waals surface area contributed by atoms with E-state index < -0.39 is 0 Å². The molecule has 0 unspecified atom stereocenters. The molecule has 2 heteroatoms. The molecule has 1 rings (SSSR count). The van der Waals surface area contributed by atoms with Crippen LogP contribution in [0.1, 0.15) is 10.4 Å². The molecule has 0 fully saturated rings. The SMILES string of the molecule is O=C([CH2][Na])c1ccccc1. The summed E-state index contributed by atoms with van der Waals surface area (Å²) < 4.78 is 0.726. The van der Waals surface area contributed by atoms with Gasteiger partial charge in [0.25, 0.3) is 0 Å². The Hall–Kier alpha value is -0.110. The van der Waals surface area contributed by atoms with E-state index in [1.54, 1.807) is 0 Å². The van der Waals surface area contributed by atoms with Gasteiger partial charge in [-0.2, -0.15) is 0 Å². The van der Waals surface area contributed by atoms with E-state index in [2.05, 4.69) is 0 Å². The van der Waals surface area contributed by atoms with Crippen molar-refractivity contribution in [1.29, 1.82) is 0 Å². The topological polar surface area (TPSA) is 17.1 Å². The Morgan fingerprint density at radius 3 is 2.40 bits per heavy atom. The number of carbonyl (C=O) groups is 1. The minimum atomic E-state index is 0.271. The molecule has 1 aromatic rings. The van der Waals surface area contributed by atoms with Gasteiger partial charge >= 0.3 is 78.1 Å². The van der Waals surface area contributed by atoms with Gasteiger partial charge in [0.05, 0.1) is 0 Å². The molecule has 0 aromatic heterocycles. The summed E-state index contributed by atoms with van der Waals surface area (Å²) in [5.74, 6) is 0.271. The van der Waals surface area contributed by atoms with Crippen LogP contribution in [-0.2, 0) is 0 Å². The van der Waals surface area contributed by atoms with Crippen molar-refractivity contribution in [2.75, 3.05) is 0 Å². The summed E-state index contributed by atoms with van der Waals surface area (Å²) in [6.07, 6.45) is 0. The number of ketones is 1. The van der Waals surface area contributed by atoms with Crippen LogP contribution in [0.3, 0.4) is 0 Å². The van der Waals surface area contributed by atoms with Gasteiger partial charge in [-0.15, -0.1) is 0 Å². The summed E-state index contributed by atoms with van der Waals surface area (Å²) in [4.78, 5) is 11.0. The predicted molar refractivity (Wildman–Crippen MR) is 41.3 cm³/mol. The van der Waals surface area contributed by atoms with Crippen LogP contribution >= 0.6 is 0 Å². The van der Waals surface area contributed by atoms with Crippen molar-refractivity contribution >= 4 is 33.7 Å². The van der Waals surface area contributed by atoms with Crippen molar-refractivity contribution in [2.45, 2.75) is 3.67 Å². The Bertz CT molecular complexity index is 218. The van der Waals surface area contributed by atoms with E-state index in [0.717, 1.165) is 37.2 Å². The van der Waals surface area contributed by atoms with E-state index in [4.69, 9.17) is 0 Å². The fourth-order valence-electron chi connectivity index (χ4n) is 0.828. The van der Waals surface area contributed by atoms with Crippen LogP contribution in [0.5, 0.6) is 0 Å². The third-order valence-electron chi connectivity index (χ3n) is 1.42. The Kier molecular flexibility index (Phi) is 3.13. The van der Waals surface area contributed by atoms with E-state index in [0.29, 0.717) is 0 Å². The fraction of sp³-hybridized carbons (Fsp3) is 0.125. The van der Waals surface area contributed by atoms with Crippen LogP contribution in [0.15, 0.2) is 30.3 Å². The van der Waals surface area contributed by atoms with Crippen LogP contribution in [0.2, 0.25) is 3.67 Å². The number of benzene rings is 1. The van der Waals surface area contributed by atoms with Crippen molar-refractivity contribution in [3.63, 3.8) is 0 Å². The van der Waals surface area contributed by atoms with Gasteiger partial charge in [0, 0.05) is 0 Å². The summed E-state index contributed by atoms with van der Waals surface area (Å²) in [5.41, 5.74) is 0.845. The van der Waals surface area contributed by atoms with Gasteiger partial charge in [0.1, 0.15) is 0 Å². The molecule has 0 N–H and O–H groups in total. The van der Waals surface area contributed by atoms with E-state index in [1.807, 2.05) is 30.3 Å². The molecule has 0 atom stereocenters. The van der Waals surface area contributed by atoms with E-state index >= 15 is 0 Å². The Morgan fingerprint density at radius 1 is 1.30 bits per heavy atom. The van der Waals surface area contributed by atoms with Gasteiger partial charge in [-0.25, -0.2) is 0 Å². The summed E-state index contributed by atoms with van der Waals surface area (Å²) >= 11 is 0.958. The molecular weight excluding hydrogens is 135 g/mol. The zero-order valence-electron chi connectivity index (χ0n) is 6.00. The Labute approximate surface area is 77.9 Å². The summed E-state index contributed by atoms with van der Waals surface area (Å²) in [6.45, 7) is 0. The second kappa shape index (κ2) is 3.91. The quantitative estimate of drug-likeness (QED) is 0.451. The minimum absolute atomic E-state index is 0.271. The molecule has 0 amide bonds. The first-order chi connectivity index (χ1) is 4.84. The zero-order chi connectivity index (χ0) is 7.40. The van der Waals surface area contributed by atoms with Crippen LogP contribution < -0.4 is 0 Å². The normalized spacial score (nSPS) is 9.40. The van der Waals surface area contributed by atoms with Crippen LogP contribution in [0, 0.1) is 0 Å². The third kappa shape index (κ3) is 1.94. The van der Waals surface area contributed by atoms with E-state index in [-0.39, 0.29) is 5.78 Å². The number of carbonyl (C=O) groups excluding carboxylic acids is 1. The number of Topliss-reactive ketones (excluding diaryl/α,β-unsaturated/α-hetero) is 1. The van der Waals surface area contributed by atoms with Crippen molar-refractivity contribution in [2.24, 2.45) is 0 Å². The molecule has 0 bridgehead atoms. The van der Waals surface area contributed by atoms with Crippen LogP contribution in [0.4, 0.5) is 0 Å². The maximum absolute atomic E-state index is 11.0. The molecule has 1 nitrogen and oxygen atoms in total. The van der Waals surface area contributed by atoms with Gasteiger partial charge < -0.3 is 0 Å². The van der Waals surface area contributed by atoms with Crippen molar-refractivity contribution in [3.05, 3.63) is 35.9 Å². The molecule has 0 saturated carbocycles. The zero-order valence-corrected chi connectivity index (χ0v) is 8.00. The standard InChI is InChI=1S/C8H7O.Na/c1-7(9)8-5-3-2-4-6-8;/h2-6H,1H2;. The van der Waals surface area contributed by atoms with Crippen molar-refractivity contribution in [3.8, 4) is 0 Å². The summed E-state index contributed by atoms with van der Waals surface area (Å²) in [7, 11) is 0. The number of hydrogen-bond donors (Lipinski definition) is 0. The molecule has 0 saturated heterocycles. The first-order valence-electron chi connectivity index (χ1n) is 3.43. The van der Waals surface area contributed by atoms with Crippen LogP contribution in [-0.4, -0.2) is 33.7 Å². The second-order valence-electron chi connectivity index (χ2n) is 2.14. The molecule has 0 heterocycles. The number of rotatable bonds is 2. The van der Waals surface area contributed by atoms with Crippen molar-refractivity contribution in [1.82, 2.24) is 0 Å². The molecule has 0 aliphatic carbocycles. The van der Waals surface area contributed by atoms with Crippen LogP contribution in [0.25, 0.3) is 0 Å². The first-order valence-corrected chi connectivity index (χ1v) is 4.84. The summed E-state index contributed by atoms with van der Waals surface area (Å²) in [6, 6.07) is 9.43. The monoisotopic (exact) mass is 142 g/mol. The number of hydrogen-bond acceptors (Lipinski definition) is 1. The fourth-order valence-corrected chi connectivity index (χ4v) is 1.24. The molecule has 0 aliphatic heterocycles.